The summed E-state index contributed by atoms with van der Waals surface area (Å²) < 4.78 is 5.75. The molecule has 2 unspecified atom stereocenters. The number of hydrogen-bond donors (Lipinski definition) is 0. The highest BCUT2D eigenvalue weighted by Crippen LogP contribution is 2.24. The average Bonchev–Trinajstić information content (AvgIpc) is 2.22. The van der Waals surface area contributed by atoms with Crippen LogP contribution in [0.4, 0.5) is 0 Å². The van der Waals surface area contributed by atoms with Crippen molar-refractivity contribution in [1.82, 2.24) is 0 Å². The van der Waals surface area contributed by atoms with Crippen LogP contribution in [0, 0.1) is 0 Å². The van der Waals surface area contributed by atoms with E-state index in [1.54, 1.807) is 0 Å². The second-order valence-corrected chi connectivity index (χ2v) is 4.74. The Morgan fingerprint density at radius 2 is 2.20 bits per heavy atom. The molecule has 0 radical (unpaired) electrons. The van der Waals surface area contributed by atoms with Crippen molar-refractivity contribution in [2.45, 2.75) is 51.0 Å². The largest absolute Gasteiger partial charge is 0.371 e. The molecule has 0 amide bonds. The number of hydrogen-bond acceptors (Lipinski definition) is 1. The van der Waals surface area contributed by atoms with Crippen LogP contribution in [0.1, 0.15) is 40.0 Å². The molecule has 0 heterocycles. The average molecular weight is 231 g/mol. The van der Waals surface area contributed by atoms with E-state index < -0.39 is 0 Å². The van der Waals surface area contributed by atoms with Gasteiger partial charge in [0, 0.05) is 6.61 Å². The molecule has 0 aromatic rings. The van der Waals surface area contributed by atoms with Gasteiger partial charge in [-0.2, -0.15) is 0 Å². The van der Waals surface area contributed by atoms with Crippen LogP contribution in [0.15, 0.2) is 24.8 Å². The van der Waals surface area contributed by atoms with Crippen LogP contribution in [0.5, 0.6) is 0 Å². The summed E-state index contributed by atoms with van der Waals surface area (Å²) in [6, 6.07) is 0. The second kappa shape index (κ2) is 7.08. The van der Waals surface area contributed by atoms with Crippen LogP contribution >= 0.6 is 11.6 Å². The maximum absolute atomic E-state index is 6.12. The molecule has 0 aliphatic heterocycles. The topological polar surface area (TPSA) is 9.23 Å². The van der Waals surface area contributed by atoms with Crippen molar-refractivity contribution in [2.24, 2.45) is 0 Å². The summed E-state index contributed by atoms with van der Waals surface area (Å²) in [7, 11) is 0. The van der Waals surface area contributed by atoms with Crippen LogP contribution in [0.25, 0.3) is 0 Å². The molecule has 0 aromatic heterocycles. The fraction of sp³-hybridized carbons (Fsp3) is 0.692. The van der Waals surface area contributed by atoms with E-state index >= 15 is 0 Å². The minimum Gasteiger partial charge on any atom is -0.371 e. The van der Waals surface area contributed by atoms with Gasteiger partial charge in [0.1, 0.15) is 0 Å². The second-order valence-electron chi connectivity index (χ2n) is 4.22. The number of rotatable bonds is 8. The molecule has 0 aliphatic rings. The monoisotopic (exact) mass is 230 g/mol. The van der Waals surface area contributed by atoms with Crippen LogP contribution in [0.3, 0.4) is 0 Å². The van der Waals surface area contributed by atoms with Gasteiger partial charge >= 0.3 is 0 Å². The van der Waals surface area contributed by atoms with Crippen LogP contribution in [-0.4, -0.2) is 17.6 Å². The van der Waals surface area contributed by atoms with E-state index in [4.69, 9.17) is 16.3 Å². The summed E-state index contributed by atoms with van der Waals surface area (Å²) >= 11 is 6.12. The minimum atomic E-state index is -0.251. The van der Waals surface area contributed by atoms with Gasteiger partial charge in [0.15, 0.2) is 0 Å². The zero-order valence-corrected chi connectivity index (χ0v) is 10.9. The Bertz CT molecular complexity index is 213. The van der Waals surface area contributed by atoms with Crippen LogP contribution in [0.2, 0.25) is 0 Å². The molecule has 0 aromatic carbocycles. The van der Waals surface area contributed by atoms with Gasteiger partial charge in [0.25, 0.3) is 0 Å². The number of allylic oxidation sites excluding steroid dienone is 1. The standard InChI is InChI=1S/C13H23ClO/c1-6-10-15-13(5,7-2)9-8-12(14)11(3)4/h7,12H,2-3,6,8-10H2,1,4-5H3. The lowest BCUT2D eigenvalue weighted by Gasteiger charge is -2.27. The molecule has 88 valence electrons. The van der Waals surface area contributed by atoms with Crippen LogP contribution in [-0.2, 0) is 4.74 Å². The Balaban J connectivity index is 4.08. The Morgan fingerprint density at radius 3 is 2.60 bits per heavy atom. The maximum Gasteiger partial charge on any atom is 0.0832 e. The first kappa shape index (κ1) is 14.7. The van der Waals surface area contributed by atoms with Crippen molar-refractivity contribution in [2.75, 3.05) is 6.61 Å². The van der Waals surface area contributed by atoms with Gasteiger partial charge < -0.3 is 4.74 Å². The fourth-order valence-corrected chi connectivity index (χ4v) is 1.34. The summed E-state index contributed by atoms with van der Waals surface area (Å²) in [5.74, 6) is 0. The first-order valence-electron chi connectivity index (χ1n) is 5.52. The van der Waals surface area contributed by atoms with Gasteiger partial charge in [-0.3, -0.25) is 0 Å². The van der Waals surface area contributed by atoms with Crippen molar-refractivity contribution in [1.29, 1.82) is 0 Å². The van der Waals surface area contributed by atoms with Gasteiger partial charge in [-0.05, 0) is 33.1 Å². The Hall–Kier alpha value is -0.270. The SMILES string of the molecule is C=CC(C)(CCC(Cl)C(=C)C)OCCC. The third-order valence-electron chi connectivity index (χ3n) is 2.50. The van der Waals surface area contributed by atoms with E-state index in [-0.39, 0.29) is 11.0 Å². The van der Waals surface area contributed by atoms with Gasteiger partial charge in [-0.1, -0.05) is 25.2 Å². The maximum atomic E-state index is 6.12. The lowest BCUT2D eigenvalue weighted by atomic mass is 9.97. The molecule has 0 bridgehead atoms. The quantitative estimate of drug-likeness (QED) is 0.446. The minimum absolute atomic E-state index is 0.0366. The molecule has 0 saturated heterocycles. The lowest BCUT2D eigenvalue weighted by molar-refractivity contribution is -0.000975. The van der Waals surface area contributed by atoms with E-state index in [2.05, 4.69) is 27.0 Å². The molecule has 0 saturated carbocycles. The predicted octanol–water partition coefficient (Wildman–Crippen LogP) is 4.32. The zero-order chi connectivity index (χ0) is 11.9. The molecule has 0 aliphatic carbocycles. The highest BCUT2D eigenvalue weighted by atomic mass is 35.5. The first-order chi connectivity index (χ1) is 6.95. The van der Waals surface area contributed by atoms with Crippen LogP contribution < -0.4 is 0 Å². The van der Waals surface area contributed by atoms with Crippen molar-refractivity contribution in [3.05, 3.63) is 24.8 Å². The van der Waals surface area contributed by atoms with Gasteiger partial charge in [0.2, 0.25) is 0 Å². The number of alkyl halides is 1. The van der Waals surface area contributed by atoms with Gasteiger partial charge in [0.05, 0.1) is 11.0 Å². The fourth-order valence-electron chi connectivity index (χ4n) is 1.23. The first-order valence-corrected chi connectivity index (χ1v) is 5.96. The predicted molar refractivity (Wildman–Crippen MR) is 68.5 cm³/mol. The zero-order valence-electron chi connectivity index (χ0n) is 10.2. The third-order valence-corrected chi connectivity index (χ3v) is 3.09. The van der Waals surface area contributed by atoms with Crippen molar-refractivity contribution in [3.63, 3.8) is 0 Å². The van der Waals surface area contributed by atoms with E-state index in [0.717, 1.165) is 31.4 Å². The summed E-state index contributed by atoms with van der Waals surface area (Å²) in [6.07, 6.45) is 4.65. The lowest BCUT2D eigenvalue weighted by Crippen LogP contribution is -2.27. The van der Waals surface area contributed by atoms with Crippen molar-refractivity contribution in [3.8, 4) is 0 Å². The van der Waals surface area contributed by atoms with Gasteiger partial charge in [-0.15, -0.1) is 18.2 Å². The van der Waals surface area contributed by atoms with E-state index in [1.807, 2.05) is 13.0 Å². The molecule has 0 spiro atoms. The molecule has 2 heteroatoms. The third kappa shape index (κ3) is 6.01. The van der Waals surface area contributed by atoms with E-state index in [9.17, 15) is 0 Å². The molecular weight excluding hydrogens is 208 g/mol. The Kier molecular flexibility index (Phi) is 6.95. The molecule has 1 nitrogen and oxygen atoms in total. The Morgan fingerprint density at radius 1 is 1.60 bits per heavy atom. The summed E-state index contributed by atoms with van der Waals surface area (Å²) in [4.78, 5) is 0. The summed E-state index contributed by atoms with van der Waals surface area (Å²) in [5.41, 5.74) is 0.761. The molecule has 0 fully saturated rings. The molecular formula is C13H23ClO. The smallest absolute Gasteiger partial charge is 0.0832 e. The summed E-state index contributed by atoms with van der Waals surface area (Å²) in [5, 5.41) is 0.0366. The molecule has 2 atom stereocenters. The summed E-state index contributed by atoms with van der Waals surface area (Å²) in [6.45, 7) is 14.5. The van der Waals surface area contributed by atoms with Gasteiger partial charge in [-0.25, -0.2) is 0 Å². The highest BCUT2D eigenvalue weighted by Gasteiger charge is 2.21. The van der Waals surface area contributed by atoms with Crippen molar-refractivity contribution >= 4 is 11.6 Å². The molecule has 0 rings (SSSR count). The van der Waals surface area contributed by atoms with E-state index in [0.29, 0.717) is 0 Å². The van der Waals surface area contributed by atoms with E-state index in [1.165, 1.54) is 0 Å². The molecule has 0 N–H and O–H groups in total. The molecule has 15 heavy (non-hydrogen) atoms. The van der Waals surface area contributed by atoms with Crippen molar-refractivity contribution < 1.29 is 4.74 Å². The number of halogens is 1. The highest BCUT2D eigenvalue weighted by molar-refractivity contribution is 6.22. The normalized spacial score (nSPS) is 16.8. The Labute approximate surface area is 99.2 Å². The number of ether oxygens (including phenoxy) is 1.